The van der Waals surface area contributed by atoms with E-state index in [1.54, 1.807) is 6.07 Å². The van der Waals surface area contributed by atoms with Crippen molar-refractivity contribution in [3.05, 3.63) is 29.1 Å². The normalized spacial score (nSPS) is 21.7. The van der Waals surface area contributed by atoms with Crippen molar-refractivity contribution in [1.29, 1.82) is 0 Å². The lowest BCUT2D eigenvalue weighted by Gasteiger charge is -2.31. The second-order valence-corrected chi connectivity index (χ2v) is 8.02. The third-order valence-electron chi connectivity index (χ3n) is 5.68. The largest absolute Gasteiger partial charge is 0.371 e. The zero-order chi connectivity index (χ0) is 21.8. The van der Waals surface area contributed by atoms with Gasteiger partial charge in [0.05, 0.1) is 6.54 Å². The van der Waals surface area contributed by atoms with Crippen LogP contribution in [-0.4, -0.2) is 48.0 Å². The Hall–Kier alpha value is -2.77. The number of fused-ring (bicyclic) bond motifs is 1. The molecule has 0 saturated carbocycles. The lowest BCUT2D eigenvalue weighted by molar-refractivity contribution is -0.137. The maximum atomic E-state index is 14.7. The Morgan fingerprint density at radius 2 is 1.80 bits per heavy atom. The number of nitrogens with one attached hydrogen (secondary N) is 1. The fourth-order valence-electron chi connectivity index (χ4n) is 4.08. The highest BCUT2D eigenvalue weighted by Gasteiger charge is 2.40. The van der Waals surface area contributed by atoms with Crippen molar-refractivity contribution in [2.75, 3.05) is 18.0 Å². The molecule has 3 heterocycles. The van der Waals surface area contributed by atoms with Crippen molar-refractivity contribution >= 4 is 29.7 Å². The molecule has 0 aliphatic carbocycles. The van der Waals surface area contributed by atoms with E-state index in [0.29, 0.717) is 31.6 Å². The average molecular weight is 417 g/mol. The number of aldehydes is 1. The Morgan fingerprint density at radius 3 is 2.40 bits per heavy atom. The molecule has 0 spiro atoms. The number of amides is 3. The minimum Gasteiger partial charge on any atom is -0.371 e. The molecule has 2 saturated heterocycles. The zero-order valence-corrected chi connectivity index (χ0v) is 17.4. The predicted octanol–water partition coefficient (Wildman–Crippen LogP) is 2.42. The van der Waals surface area contributed by atoms with Crippen LogP contribution in [0, 0.1) is 11.7 Å². The van der Waals surface area contributed by atoms with Crippen molar-refractivity contribution in [2.24, 2.45) is 5.92 Å². The molecule has 1 aromatic rings. The van der Waals surface area contributed by atoms with Gasteiger partial charge in [0.25, 0.3) is 5.91 Å². The first kappa shape index (κ1) is 21.9. The summed E-state index contributed by atoms with van der Waals surface area (Å²) in [4.78, 5) is 50.5. The van der Waals surface area contributed by atoms with E-state index >= 15 is 0 Å². The van der Waals surface area contributed by atoms with E-state index in [9.17, 15) is 23.6 Å². The van der Waals surface area contributed by atoms with Gasteiger partial charge in [-0.15, -0.1) is 0 Å². The minimum absolute atomic E-state index is 0.0276. The van der Waals surface area contributed by atoms with Gasteiger partial charge in [-0.3, -0.25) is 19.7 Å². The van der Waals surface area contributed by atoms with E-state index in [0.717, 1.165) is 6.29 Å². The van der Waals surface area contributed by atoms with Crippen molar-refractivity contribution in [2.45, 2.75) is 58.5 Å². The van der Waals surface area contributed by atoms with Crippen LogP contribution in [0.15, 0.2) is 12.1 Å². The number of rotatable bonds is 3. The van der Waals surface area contributed by atoms with Crippen LogP contribution in [0.25, 0.3) is 0 Å². The molecule has 7 nitrogen and oxygen atoms in total. The van der Waals surface area contributed by atoms with Crippen LogP contribution in [0.2, 0.25) is 0 Å². The summed E-state index contributed by atoms with van der Waals surface area (Å²) in [6.45, 7) is 5.54. The number of hydrogen-bond donors (Lipinski definition) is 1. The molecule has 30 heavy (non-hydrogen) atoms. The van der Waals surface area contributed by atoms with Gasteiger partial charge in [0.1, 0.15) is 18.1 Å². The molecule has 3 aliphatic rings. The van der Waals surface area contributed by atoms with Crippen LogP contribution in [0.3, 0.4) is 0 Å². The summed E-state index contributed by atoms with van der Waals surface area (Å²) < 4.78 is 14.7. The molecular formula is C22H28FN3O4. The van der Waals surface area contributed by atoms with Gasteiger partial charge in [0.15, 0.2) is 0 Å². The molecule has 0 bridgehead atoms. The van der Waals surface area contributed by atoms with Gasteiger partial charge in [-0.05, 0) is 31.4 Å². The van der Waals surface area contributed by atoms with E-state index in [1.165, 1.54) is 17.4 Å². The van der Waals surface area contributed by atoms with E-state index in [2.05, 4.69) is 19.2 Å². The molecule has 1 unspecified atom stereocenters. The number of piperidine rings is 2. The molecule has 1 atom stereocenters. The summed E-state index contributed by atoms with van der Waals surface area (Å²) in [7, 11) is 0. The first-order valence-corrected chi connectivity index (χ1v) is 10.6. The summed E-state index contributed by atoms with van der Waals surface area (Å²) in [5, 5.41) is 2.24. The highest BCUT2D eigenvalue weighted by Crippen LogP contribution is 2.33. The smallest absolute Gasteiger partial charge is 0.255 e. The maximum Gasteiger partial charge on any atom is 0.255 e. The van der Waals surface area contributed by atoms with Gasteiger partial charge in [-0.25, -0.2) is 4.39 Å². The highest BCUT2D eigenvalue weighted by molar-refractivity contribution is 6.05. The van der Waals surface area contributed by atoms with Crippen LogP contribution >= 0.6 is 0 Å². The van der Waals surface area contributed by atoms with Crippen LogP contribution in [0.4, 0.5) is 10.1 Å². The fourth-order valence-corrected chi connectivity index (χ4v) is 4.08. The van der Waals surface area contributed by atoms with Gasteiger partial charge in [0.2, 0.25) is 11.8 Å². The fraction of sp³-hybridized carbons (Fsp3) is 0.545. The lowest BCUT2D eigenvalue weighted by atomic mass is 9.97. The first-order chi connectivity index (χ1) is 14.4. The number of halogens is 1. The van der Waals surface area contributed by atoms with E-state index in [-0.39, 0.29) is 48.2 Å². The van der Waals surface area contributed by atoms with Crippen LogP contribution < -0.4 is 10.2 Å². The highest BCUT2D eigenvalue weighted by atomic mass is 19.1. The second-order valence-electron chi connectivity index (χ2n) is 8.02. The monoisotopic (exact) mass is 417 g/mol. The summed E-state index contributed by atoms with van der Waals surface area (Å²) in [5.41, 5.74) is 1.18. The number of benzene rings is 1. The van der Waals surface area contributed by atoms with E-state index < -0.39 is 17.8 Å². The predicted molar refractivity (Wildman–Crippen MR) is 109 cm³/mol. The minimum atomic E-state index is -0.756. The standard InChI is InChI=1S/C19H20FN3O4.C3H8/c20-15-8-12(22-5-3-11(10-24)4-6-22)7-13-14(15)9-23(19(13)27)16-1-2-17(25)21-18(16)26;1-3-2/h7-8,10-11,16H,1-6,9H2,(H,21,25,26);3H2,1-2H3. The first-order valence-electron chi connectivity index (χ1n) is 10.6. The van der Waals surface area contributed by atoms with Gasteiger partial charge in [-0.2, -0.15) is 0 Å². The van der Waals surface area contributed by atoms with Gasteiger partial charge < -0.3 is 14.6 Å². The number of hydrogen-bond acceptors (Lipinski definition) is 5. The Kier molecular flexibility index (Phi) is 6.84. The second kappa shape index (κ2) is 9.36. The van der Waals surface area contributed by atoms with Crippen molar-refractivity contribution in [3.8, 4) is 0 Å². The molecule has 1 aromatic carbocycles. The SMILES string of the molecule is CCC.O=CC1CCN(c2cc(F)c3c(c2)C(=O)N(C2CCC(=O)NC2=O)C3)CC1. The van der Waals surface area contributed by atoms with Crippen molar-refractivity contribution < 1.29 is 23.6 Å². The number of nitrogens with zero attached hydrogens (tertiary/aromatic N) is 2. The molecule has 8 heteroatoms. The van der Waals surface area contributed by atoms with E-state index in [4.69, 9.17) is 0 Å². The Morgan fingerprint density at radius 1 is 1.13 bits per heavy atom. The van der Waals surface area contributed by atoms with Gasteiger partial charge >= 0.3 is 0 Å². The number of imide groups is 1. The van der Waals surface area contributed by atoms with Crippen LogP contribution in [0.1, 0.15) is 61.9 Å². The molecular weight excluding hydrogens is 389 g/mol. The Bertz CT molecular complexity index is 849. The van der Waals surface area contributed by atoms with Crippen LogP contribution in [-0.2, 0) is 20.9 Å². The molecule has 3 amide bonds. The maximum absolute atomic E-state index is 14.7. The number of carbonyl (C=O) groups is 4. The molecule has 162 valence electrons. The van der Waals surface area contributed by atoms with Crippen molar-refractivity contribution in [1.82, 2.24) is 10.2 Å². The average Bonchev–Trinajstić information content (AvgIpc) is 3.06. The third-order valence-corrected chi connectivity index (χ3v) is 5.68. The topological polar surface area (TPSA) is 86.8 Å². The molecule has 0 radical (unpaired) electrons. The third kappa shape index (κ3) is 4.37. The van der Waals surface area contributed by atoms with Gasteiger partial charge in [-0.1, -0.05) is 20.3 Å². The van der Waals surface area contributed by atoms with Crippen LogP contribution in [0.5, 0.6) is 0 Å². The lowest BCUT2D eigenvalue weighted by Crippen LogP contribution is -2.52. The Balaban J connectivity index is 0.000000806. The molecule has 1 N–H and O–H groups in total. The quantitative estimate of drug-likeness (QED) is 0.603. The molecule has 3 aliphatic heterocycles. The molecule has 2 fully saturated rings. The number of anilines is 1. The Labute approximate surface area is 175 Å². The summed E-state index contributed by atoms with van der Waals surface area (Å²) in [6, 6.07) is 2.34. The van der Waals surface area contributed by atoms with E-state index in [1.807, 2.05) is 4.90 Å². The summed E-state index contributed by atoms with van der Waals surface area (Å²) >= 11 is 0. The molecule has 4 rings (SSSR count). The number of carbonyl (C=O) groups excluding carboxylic acids is 4. The summed E-state index contributed by atoms with van der Waals surface area (Å²) in [6.07, 6.45) is 4.03. The van der Waals surface area contributed by atoms with Gasteiger partial charge in [0, 0.05) is 42.2 Å². The zero-order valence-electron chi connectivity index (χ0n) is 17.4. The summed E-state index contributed by atoms with van der Waals surface area (Å²) in [5.74, 6) is -1.69. The van der Waals surface area contributed by atoms with Crippen molar-refractivity contribution in [3.63, 3.8) is 0 Å². The molecule has 0 aromatic heterocycles.